The lowest BCUT2D eigenvalue weighted by atomic mass is 10.2. The highest BCUT2D eigenvalue weighted by Crippen LogP contribution is 1.94. The molecule has 1 atom stereocenters. The van der Waals surface area contributed by atoms with E-state index in [0.717, 1.165) is 5.56 Å². The Hall–Kier alpha value is -2.19. The minimum atomic E-state index is -0.357. The molecular weight excluding hydrogens is 186 g/mol. The average Bonchev–Trinajstić information content (AvgIpc) is 2.27. The van der Waals surface area contributed by atoms with Crippen LogP contribution >= 0.6 is 0 Å². The SMILES string of the molecule is C#CC(C)NC(=O)C#Cc1ccccc1. The van der Waals surface area contributed by atoms with Crippen LogP contribution in [0, 0.1) is 24.2 Å². The van der Waals surface area contributed by atoms with Crippen LogP contribution in [-0.2, 0) is 4.79 Å². The Morgan fingerprint density at radius 3 is 2.67 bits per heavy atom. The van der Waals surface area contributed by atoms with Gasteiger partial charge in [-0.25, -0.2) is 0 Å². The molecule has 0 saturated heterocycles. The van der Waals surface area contributed by atoms with Crippen molar-refractivity contribution in [1.82, 2.24) is 5.32 Å². The third kappa shape index (κ3) is 4.02. The van der Waals surface area contributed by atoms with Gasteiger partial charge in [0.2, 0.25) is 0 Å². The van der Waals surface area contributed by atoms with Gasteiger partial charge in [0.15, 0.2) is 0 Å². The second-order valence-electron chi connectivity index (χ2n) is 2.98. The molecule has 15 heavy (non-hydrogen) atoms. The van der Waals surface area contributed by atoms with Gasteiger partial charge in [0.25, 0.3) is 5.91 Å². The van der Waals surface area contributed by atoms with Crippen molar-refractivity contribution in [1.29, 1.82) is 0 Å². The monoisotopic (exact) mass is 197 g/mol. The van der Waals surface area contributed by atoms with Crippen molar-refractivity contribution in [2.45, 2.75) is 13.0 Å². The molecule has 1 unspecified atom stereocenters. The van der Waals surface area contributed by atoms with Gasteiger partial charge in [-0.3, -0.25) is 4.79 Å². The fourth-order valence-electron chi connectivity index (χ4n) is 0.925. The highest BCUT2D eigenvalue weighted by Gasteiger charge is 1.99. The average molecular weight is 197 g/mol. The maximum absolute atomic E-state index is 11.2. The normalized spacial score (nSPS) is 10.4. The van der Waals surface area contributed by atoms with Gasteiger partial charge in [0.05, 0.1) is 6.04 Å². The predicted molar refractivity (Wildman–Crippen MR) is 59.8 cm³/mol. The Kier molecular flexibility index (Phi) is 4.01. The van der Waals surface area contributed by atoms with Crippen LogP contribution in [0.3, 0.4) is 0 Å². The summed E-state index contributed by atoms with van der Waals surface area (Å²) in [6.07, 6.45) is 5.11. The number of hydrogen-bond donors (Lipinski definition) is 1. The van der Waals surface area contributed by atoms with E-state index >= 15 is 0 Å². The maximum atomic E-state index is 11.2. The fraction of sp³-hybridized carbons (Fsp3) is 0.154. The molecule has 0 aliphatic rings. The standard InChI is InChI=1S/C13H11NO/c1-3-11(2)14-13(15)10-9-12-7-5-4-6-8-12/h1,4-8,11H,2H3,(H,14,15). The number of benzene rings is 1. The fourth-order valence-corrected chi connectivity index (χ4v) is 0.925. The van der Waals surface area contributed by atoms with Gasteiger partial charge in [-0.05, 0) is 19.1 Å². The largest absolute Gasteiger partial charge is 0.332 e. The Bertz CT molecular complexity index is 431. The smallest absolute Gasteiger partial charge is 0.297 e. The molecule has 0 aliphatic heterocycles. The molecule has 0 aromatic heterocycles. The quantitative estimate of drug-likeness (QED) is 0.673. The first-order valence-corrected chi connectivity index (χ1v) is 4.56. The van der Waals surface area contributed by atoms with E-state index in [9.17, 15) is 4.79 Å². The number of nitrogens with one attached hydrogen (secondary N) is 1. The minimum absolute atomic E-state index is 0.289. The van der Waals surface area contributed by atoms with Crippen LogP contribution in [0.4, 0.5) is 0 Å². The number of rotatable bonds is 1. The summed E-state index contributed by atoms with van der Waals surface area (Å²) in [5.41, 5.74) is 0.806. The van der Waals surface area contributed by atoms with Gasteiger partial charge in [-0.1, -0.05) is 30.0 Å². The van der Waals surface area contributed by atoms with Gasteiger partial charge in [-0.2, -0.15) is 0 Å². The molecule has 0 saturated carbocycles. The summed E-state index contributed by atoms with van der Waals surface area (Å²) in [6, 6.07) is 9.02. The summed E-state index contributed by atoms with van der Waals surface area (Å²) in [5, 5.41) is 2.55. The lowest BCUT2D eigenvalue weighted by molar-refractivity contribution is -0.115. The molecule has 2 nitrogen and oxygen atoms in total. The molecule has 0 spiro atoms. The van der Waals surface area contributed by atoms with E-state index in [0.29, 0.717) is 0 Å². The molecule has 0 bridgehead atoms. The van der Waals surface area contributed by atoms with Crippen molar-refractivity contribution >= 4 is 5.91 Å². The summed E-state index contributed by atoms with van der Waals surface area (Å²) in [7, 11) is 0. The first-order chi connectivity index (χ1) is 7.22. The van der Waals surface area contributed by atoms with Gasteiger partial charge < -0.3 is 5.32 Å². The second kappa shape index (κ2) is 5.52. The van der Waals surface area contributed by atoms with Crippen molar-refractivity contribution in [2.75, 3.05) is 0 Å². The highest BCUT2D eigenvalue weighted by molar-refractivity contribution is 5.94. The van der Waals surface area contributed by atoms with E-state index in [-0.39, 0.29) is 11.9 Å². The summed E-state index contributed by atoms with van der Waals surface area (Å²) in [5.74, 6) is 7.25. The summed E-state index contributed by atoms with van der Waals surface area (Å²) in [6.45, 7) is 1.72. The van der Waals surface area contributed by atoms with Crippen molar-refractivity contribution in [3.05, 3.63) is 35.9 Å². The molecule has 0 radical (unpaired) electrons. The zero-order valence-corrected chi connectivity index (χ0v) is 8.45. The van der Waals surface area contributed by atoms with Crippen LogP contribution in [0.25, 0.3) is 0 Å². The van der Waals surface area contributed by atoms with Crippen LogP contribution in [-0.4, -0.2) is 11.9 Å². The van der Waals surface area contributed by atoms with E-state index in [4.69, 9.17) is 6.42 Å². The molecule has 2 heteroatoms. The topological polar surface area (TPSA) is 29.1 Å². The number of hydrogen-bond acceptors (Lipinski definition) is 1. The van der Waals surface area contributed by atoms with Gasteiger partial charge in [0.1, 0.15) is 0 Å². The molecule has 0 aliphatic carbocycles. The van der Waals surface area contributed by atoms with Crippen molar-refractivity contribution in [2.24, 2.45) is 0 Å². The van der Waals surface area contributed by atoms with Crippen LogP contribution in [0.2, 0.25) is 0 Å². The number of carbonyl (C=O) groups excluding carboxylic acids is 1. The van der Waals surface area contributed by atoms with Gasteiger partial charge in [-0.15, -0.1) is 6.42 Å². The van der Waals surface area contributed by atoms with Crippen molar-refractivity contribution < 1.29 is 4.79 Å². The predicted octanol–water partition coefficient (Wildman–Crippen LogP) is 1.18. The first-order valence-electron chi connectivity index (χ1n) is 4.56. The van der Waals surface area contributed by atoms with E-state index in [1.807, 2.05) is 30.3 Å². The summed E-state index contributed by atoms with van der Waals surface area (Å²) in [4.78, 5) is 11.2. The molecule has 74 valence electrons. The lowest BCUT2D eigenvalue weighted by Gasteiger charge is -2.01. The molecule has 1 aromatic carbocycles. The molecule has 1 aromatic rings. The number of amides is 1. The highest BCUT2D eigenvalue weighted by atomic mass is 16.1. The van der Waals surface area contributed by atoms with Crippen LogP contribution in [0.5, 0.6) is 0 Å². The van der Waals surface area contributed by atoms with Gasteiger partial charge in [0, 0.05) is 11.5 Å². The zero-order chi connectivity index (χ0) is 11.1. The minimum Gasteiger partial charge on any atom is -0.332 e. The third-order valence-electron chi connectivity index (χ3n) is 1.69. The molecule has 0 fully saturated rings. The molecule has 0 heterocycles. The van der Waals surface area contributed by atoms with E-state index in [2.05, 4.69) is 23.1 Å². The lowest BCUT2D eigenvalue weighted by Crippen LogP contribution is -2.29. The second-order valence-corrected chi connectivity index (χ2v) is 2.98. The van der Waals surface area contributed by atoms with E-state index in [1.54, 1.807) is 6.92 Å². The Balaban J connectivity index is 2.60. The first kappa shape index (κ1) is 10.9. The van der Waals surface area contributed by atoms with Crippen LogP contribution < -0.4 is 5.32 Å². The van der Waals surface area contributed by atoms with E-state index < -0.39 is 0 Å². The Morgan fingerprint density at radius 1 is 1.40 bits per heavy atom. The summed E-state index contributed by atoms with van der Waals surface area (Å²) >= 11 is 0. The third-order valence-corrected chi connectivity index (χ3v) is 1.69. The molecular formula is C13H11NO. The number of carbonyl (C=O) groups is 1. The van der Waals surface area contributed by atoms with E-state index in [1.165, 1.54) is 0 Å². The molecule has 1 amide bonds. The zero-order valence-electron chi connectivity index (χ0n) is 8.45. The summed E-state index contributed by atoms with van der Waals surface area (Å²) < 4.78 is 0. The molecule has 1 N–H and O–H groups in total. The van der Waals surface area contributed by atoms with Crippen molar-refractivity contribution in [3.63, 3.8) is 0 Å². The van der Waals surface area contributed by atoms with Crippen LogP contribution in [0.1, 0.15) is 12.5 Å². The van der Waals surface area contributed by atoms with Crippen molar-refractivity contribution in [3.8, 4) is 24.2 Å². The molecule has 1 rings (SSSR count). The Morgan fingerprint density at radius 2 is 2.07 bits per heavy atom. The number of terminal acetylenes is 1. The maximum Gasteiger partial charge on any atom is 0.297 e. The van der Waals surface area contributed by atoms with Crippen LogP contribution in [0.15, 0.2) is 30.3 Å². The van der Waals surface area contributed by atoms with Gasteiger partial charge >= 0.3 is 0 Å². The Labute approximate surface area is 89.7 Å².